The Labute approximate surface area is 164 Å². The molecule has 1 aromatic carbocycles. The molecule has 0 aromatic heterocycles. The fourth-order valence-corrected chi connectivity index (χ4v) is 3.38. The second-order valence-electron chi connectivity index (χ2n) is 6.94. The number of nitrogens with zero attached hydrogens (tertiary/aromatic N) is 1. The number of halogens is 2. The van der Waals surface area contributed by atoms with E-state index in [1.165, 1.54) is 11.1 Å². The van der Waals surface area contributed by atoms with Gasteiger partial charge in [-0.25, -0.2) is 0 Å². The number of benzene rings is 1. The zero-order valence-electron chi connectivity index (χ0n) is 15.5. The second kappa shape index (κ2) is 11.7. The lowest BCUT2D eigenvalue weighted by molar-refractivity contribution is -0.126. The second-order valence-corrected chi connectivity index (χ2v) is 6.94. The SMILES string of the molecule is CCc1ccc(C(CNC(=O)C2CCCC(N)C2)N(C)C)cc1.Cl.Cl. The quantitative estimate of drug-likeness (QED) is 0.784. The van der Waals surface area contributed by atoms with E-state index in [1.807, 2.05) is 0 Å². The van der Waals surface area contributed by atoms with Gasteiger partial charge in [-0.1, -0.05) is 37.6 Å². The van der Waals surface area contributed by atoms with Crippen LogP contribution in [0.3, 0.4) is 0 Å². The minimum absolute atomic E-state index is 0. The fraction of sp³-hybridized carbons (Fsp3) is 0.632. The molecule has 6 heteroatoms. The third-order valence-electron chi connectivity index (χ3n) is 4.95. The van der Waals surface area contributed by atoms with E-state index in [-0.39, 0.29) is 48.7 Å². The van der Waals surface area contributed by atoms with Crippen molar-refractivity contribution in [2.24, 2.45) is 11.7 Å². The molecule has 0 radical (unpaired) electrons. The monoisotopic (exact) mass is 389 g/mol. The van der Waals surface area contributed by atoms with Crippen LogP contribution in [-0.2, 0) is 11.2 Å². The topological polar surface area (TPSA) is 58.4 Å². The number of nitrogens with two attached hydrogens (primary N) is 1. The molecule has 0 spiro atoms. The summed E-state index contributed by atoms with van der Waals surface area (Å²) in [6, 6.07) is 9.08. The van der Waals surface area contributed by atoms with Gasteiger partial charge in [0, 0.05) is 18.5 Å². The summed E-state index contributed by atoms with van der Waals surface area (Å²) in [6.45, 7) is 2.80. The minimum Gasteiger partial charge on any atom is -0.354 e. The molecule has 3 N–H and O–H groups in total. The first-order valence-electron chi connectivity index (χ1n) is 8.79. The summed E-state index contributed by atoms with van der Waals surface area (Å²) in [4.78, 5) is 14.6. The molecule has 3 unspecified atom stereocenters. The maximum absolute atomic E-state index is 12.4. The smallest absolute Gasteiger partial charge is 0.223 e. The van der Waals surface area contributed by atoms with Crippen LogP contribution < -0.4 is 11.1 Å². The molecule has 2 rings (SSSR count). The first-order chi connectivity index (χ1) is 11.0. The Bertz CT molecular complexity index is 508. The number of amides is 1. The molecule has 4 nitrogen and oxygen atoms in total. The Morgan fingerprint density at radius 1 is 1.24 bits per heavy atom. The summed E-state index contributed by atoms with van der Waals surface area (Å²) in [7, 11) is 4.11. The van der Waals surface area contributed by atoms with Crippen molar-refractivity contribution in [2.75, 3.05) is 20.6 Å². The molecule has 0 aliphatic heterocycles. The van der Waals surface area contributed by atoms with E-state index >= 15 is 0 Å². The van der Waals surface area contributed by atoms with Crippen LogP contribution in [0.4, 0.5) is 0 Å². The fourth-order valence-electron chi connectivity index (χ4n) is 3.38. The van der Waals surface area contributed by atoms with Crippen LogP contribution in [0.2, 0.25) is 0 Å². The molecule has 144 valence electrons. The average molecular weight is 390 g/mol. The number of likely N-dealkylation sites (N-methyl/N-ethyl adjacent to an activating group) is 1. The summed E-state index contributed by atoms with van der Waals surface area (Å²) < 4.78 is 0. The van der Waals surface area contributed by atoms with Crippen molar-refractivity contribution < 1.29 is 4.79 Å². The largest absolute Gasteiger partial charge is 0.354 e. The van der Waals surface area contributed by atoms with Gasteiger partial charge in [0.05, 0.1) is 6.04 Å². The number of hydrogen-bond acceptors (Lipinski definition) is 3. The minimum atomic E-state index is 0. The van der Waals surface area contributed by atoms with Crippen molar-refractivity contribution in [3.05, 3.63) is 35.4 Å². The number of nitrogens with one attached hydrogen (secondary N) is 1. The Morgan fingerprint density at radius 3 is 2.40 bits per heavy atom. The van der Waals surface area contributed by atoms with Crippen molar-refractivity contribution in [1.82, 2.24) is 10.2 Å². The highest BCUT2D eigenvalue weighted by Gasteiger charge is 2.26. The molecule has 1 aromatic rings. The van der Waals surface area contributed by atoms with Crippen LogP contribution in [0.15, 0.2) is 24.3 Å². The Balaban J connectivity index is 0.00000288. The Kier molecular flexibility index (Phi) is 11.4. The van der Waals surface area contributed by atoms with Gasteiger partial charge in [0.25, 0.3) is 0 Å². The molecule has 1 aliphatic carbocycles. The maximum Gasteiger partial charge on any atom is 0.223 e. The molecule has 3 atom stereocenters. The third-order valence-corrected chi connectivity index (χ3v) is 4.95. The first kappa shape index (κ1) is 24.2. The van der Waals surface area contributed by atoms with E-state index in [2.05, 4.69) is 55.5 Å². The van der Waals surface area contributed by atoms with Crippen LogP contribution in [0.5, 0.6) is 0 Å². The van der Waals surface area contributed by atoms with Gasteiger partial charge >= 0.3 is 0 Å². The van der Waals surface area contributed by atoms with Crippen LogP contribution in [0, 0.1) is 5.92 Å². The van der Waals surface area contributed by atoms with E-state index in [4.69, 9.17) is 5.73 Å². The van der Waals surface area contributed by atoms with E-state index in [1.54, 1.807) is 0 Å². The van der Waals surface area contributed by atoms with Crippen LogP contribution in [0.1, 0.15) is 49.8 Å². The predicted molar refractivity (Wildman–Crippen MR) is 110 cm³/mol. The zero-order valence-corrected chi connectivity index (χ0v) is 17.2. The van der Waals surface area contributed by atoms with Gasteiger partial charge in [-0.05, 0) is 50.9 Å². The van der Waals surface area contributed by atoms with Gasteiger partial charge in [-0.3, -0.25) is 4.79 Å². The number of hydrogen-bond donors (Lipinski definition) is 2. The van der Waals surface area contributed by atoms with Gasteiger partial charge in [0.15, 0.2) is 0 Å². The van der Waals surface area contributed by atoms with Crippen molar-refractivity contribution in [3.8, 4) is 0 Å². The van der Waals surface area contributed by atoms with Gasteiger partial charge in [0.1, 0.15) is 0 Å². The summed E-state index contributed by atoms with van der Waals surface area (Å²) in [5, 5.41) is 3.15. The lowest BCUT2D eigenvalue weighted by Gasteiger charge is -2.29. The average Bonchev–Trinajstić information content (AvgIpc) is 2.55. The van der Waals surface area contributed by atoms with Gasteiger partial charge < -0.3 is 16.0 Å². The molecule has 1 saturated carbocycles. The third kappa shape index (κ3) is 7.14. The molecule has 0 saturated heterocycles. The first-order valence-corrected chi connectivity index (χ1v) is 8.79. The highest BCUT2D eigenvalue weighted by Crippen LogP contribution is 2.24. The highest BCUT2D eigenvalue weighted by molar-refractivity contribution is 5.85. The number of carbonyl (C=O) groups is 1. The van der Waals surface area contributed by atoms with Gasteiger partial charge in [0.2, 0.25) is 5.91 Å². The molecule has 0 heterocycles. The molecule has 1 fully saturated rings. The van der Waals surface area contributed by atoms with E-state index in [0.29, 0.717) is 6.54 Å². The van der Waals surface area contributed by atoms with Crippen LogP contribution in [0.25, 0.3) is 0 Å². The Hall–Kier alpha value is -0.810. The van der Waals surface area contributed by atoms with E-state index < -0.39 is 0 Å². The van der Waals surface area contributed by atoms with Crippen molar-refractivity contribution >= 4 is 30.7 Å². The molecular formula is C19H33Cl2N3O. The summed E-state index contributed by atoms with van der Waals surface area (Å²) in [6.07, 6.45) is 4.95. The Morgan fingerprint density at radius 2 is 1.88 bits per heavy atom. The number of carbonyl (C=O) groups excluding carboxylic acids is 1. The van der Waals surface area contributed by atoms with E-state index in [0.717, 1.165) is 32.1 Å². The van der Waals surface area contributed by atoms with Crippen molar-refractivity contribution in [2.45, 2.75) is 51.1 Å². The summed E-state index contributed by atoms with van der Waals surface area (Å²) in [5.41, 5.74) is 8.58. The normalized spacial score (nSPS) is 21.0. The zero-order chi connectivity index (χ0) is 16.8. The van der Waals surface area contributed by atoms with Gasteiger partial charge in [-0.15, -0.1) is 24.8 Å². The molecule has 1 amide bonds. The summed E-state index contributed by atoms with van der Waals surface area (Å²) in [5.74, 6) is 0.251. The molecule has 1 aliphatic rings. The van der Waals surface area contributed by atoms with Gasteiger partial charge in [-0.2, -0.15) is 0 Å². The highest BCUT2D eigenvalue weighted by atomic mass is 35.5. The molecular weight excluding hydrogens is 357 g/mol. The van der Waals surface area contributed by atoms with Crippen LogP contribution in [-0.4, -0.2) is 37.5 Å². The predicted octanol–water partition coefficient (Wildman–Crippen LogP) is 3.33. The molecule has 0 bridgehead atoms. The number of aryl methyl sites for hydroxylation is 1. The lowest BCUT2D eigenvalue weighted by atomic mass is 9.85. The lowest BCUT2D eigenvalue weighted by Crippen LogP contribution is -2.41. The standard InChI is InChI=1S/C19H31N3O.2ClH/c1-4-14-8-10-15(11-9-14)18(22(2)3)13-21-19(23)16-6-5-7-17(20)12-16;;/h8-11,16-18H,4-7,12-13,20H2,1-3H3,(H,21,23);2*1H. The van der Waals surface area contributed by atoms with Crippen molar-refractivity contribution in [1.29, 1.82) is 0 Å². The summed E-state index contributed by atoms with van der Waals surface area (Å²) >= 11 is 0. The number of rotatable bonds is 6. The molecule has 25 heavy (non-hydrogen) atoms. The van der Waals surface area contributed by atoms with Crippen LogP contribution >= 0.6 is 24.8 Å². The van der Waals surface area contributed by atoms with E-state index in [9.17, 15) is 4.79 Å². The maximum atomic E-state index is 12.4. The van der Waals surface area contributed by atoms with Crippen molar-refractivity contribution in [3.63, 3.8) is 0 Å².